The first-order chi connectivity index (χ1) is 8.74. The number of ether oxygens (including phenoxy) is 1. The normalized spacial score (nSPS) is 11.0. The maximum atomic E-state index is 12.3. The standard InChI is InChI=1S/C12H19N3O3S/c1-7-6-10(18-5)8(2)9(3)11(7)19(16,17)15-12(13)14-4/h6H,1-5H3,(H3,13,14,15). The van der Waals surface area contributed by atoms with E-state index in [1.54, 1.807) is 33.9 Å². The molecule has 0 aliphatic heterocycles. The van der Waals surface area contributed by atoms with E-state index in [0.717, 1.165) is 5.56 Å². The zero-order chi connectivity index (χ0) is 14.8. The summed E-state index contributed by atoms with van der Waals surface area (Å²) in [6.07, 6.45) is 0. The Labute approximate surface area is 113 Å². The molecule has 0 unspecified atom stereocenters. The molecular weight excluding hydrogens is 266 g/mol. The minimum absolute atomic E-state index is 0.186. The van der Waals surface area contributed by atoms with Crippen LogP contribution in [0.25, 0.3) is 0 Å². The van der Waals surface area contributed by atoms with Crippen molar-refractivity contribution >= 4 is 16.0 Å². The largest absolute Gasteiger partial charge is 0.496 e. The second-order valence-electron chi connectivity index (χ2n) is 4.21. The second-order valence-corrected chi connectivity index (χ2v) is 5.82. The minimum Gasteiger partial charge on any atom is -0.496 e. The van der Waals surface area contributed by atoms with Crippen LogP contribution in [-0.2, 0) is 10.0 Å². The number of nitrogens with one attached hydrogen (secondary N) is 3. The van der Waals surface area contributed by atoms with E-state index in [-0.39, 0.29) is 10.9 Å². The molecule has 0 radical (unpaired) electrons. The molecule has 0 heterocycles. The monoisotopic (exact) mass is 285 g/mol. The molecular formula is C12H19N3O3S. The van der Waals surface area contributed by atoms with Crippen LogP contribution in [0.4, 0.5) is 0 Å². The van der Waals surface area contributed by atoms with Gasteiger partial charge in [0.15, 0.2) is 0 Å². The summed E-state index contributed by atoms with van der Waals surface area (Å²) in [6.45, 7) is 5.23. The van der Waals surface area contributed by atoms with Crippen LogP contribution in [0.3, 0.4) is 0 Å². The molecule has 1 aromatic carbocycles. The Hall–Kier alpha value is -1.76. The first kappa shape index (κ1) is 15.3. The van der Waals surface area contributed by atoms with Crippen LogP contribution >= 0.6 is 0 Å². The second kappa shape index (κ2) is 5.48. The third kappa shape index (κ3) is 2.98. The molecule has 0 aromatic heterocycles. The summed E-state index contributed by atoms with van der Waals surface area (Å²) in [6, 6.07) is 1.68. The molecule has 0 aliphatic rings. The van der Waals surface area contributed by atoms with Gasteiger partial charge in [-0.3, -0.25) is 5.41 Å². The Morgan fingerprint density at radius 1 is 1.26 bits per heavy atom. The molecule has 0 bridgehead atoms. The van der Waals surface area contributed by atoms with Crippen molar-refractivity contribution in [2.24, 2.45) is 0 Å². The topological polar surface area (TPSA) is 91.3 Å². The van der Waals surface area contributed by atoms with Crippen molar-refractivity contribution in [2.75, 3.05) is 14.2 Å². The van der Waals surface area contributed by atoms with Crippen molar-refractivity contribution in [3.05, 3.63) is 22.8 Å². The van der Waals surface area contributed by atoms with Crippen molar-refractivity contribution in [1.29, 1.82) is 5.41 Å². The zero-order valence-electron chi connectivity index (χ0n) is 11.7. The maximum absolute atomic E-state index is 12.3. The Morgan fingerprint density at radius 3 is 2.32 bits per heavy atom. The molecule has 0 saturated carbocycles. The predicted molar refractivity (Wildman–Crippen MR) is 74.3 cm³/mol. The Bertz CT molecular complexity index is 609. The summed E-state index contributed by atoms with van der Waals surface area (Å²) in [7, 11) is -0.751. The van der Waals surface area contributed by atoms with Gasteiger partial charge in [-0.2, -0.15) is 0 Å². The predicted octanol–water partition coefficient (Wildman–Crippen LogP) is 1.05. The molecule has 1 aromatic rings. The summed E-state index contributed by atoms with van der Waals surface area (Å²) < 4.78 is 31.9. The van der Waals surface area contributed by atoms with Gasteiger partial charge >= 0.3 is 0 Å². The fourth-order valence-electron chi connectivity index (χ4n) is 1.88. The number of hydrogen-bond donors (Lipinski definition) is 3. The van der Waals surface area contributed by atoms with E-state index >= 15 is 0 Å². The van der Waals surface area contributed by atoms with Gasteiger partial charge in [0.2, 0.25) is 5.96 Å². The van der Waals surface area contributed by atoms with E-state index in [4.69, 9.17) is 10.1 Å². The molecule has 0 saturated heterocycles. The van der Waals surface area contributed by atoms with E-state index in [1.165, 1.54) is 7.05 Å². The van der Waals surface area contributed by atoms with Crippen molar-refractivity contribution in [1.82, 2.24) is 10.0 Å². The van der Waals surface area contributed by atoms with Gasteiger partial charge in [-0.05, 0) is 43.5 Å². The SMILES string of the molecule is CNC(=N)NS(=O)(=O)c1c(C)cc(OC)c(C)c1C. The molecule has 6 nitrogen and oxygen atoms in total. The molecule has 106 valence electrons. The van der Waals surface area contributed by atoms with Crippen molar-refractivity contribution < 1.29 is 13.2 Å². The van der Waals surface area contributed by atoms with Gasteiger partial charge in [-0.1, -0.05) is 0 Å². The van der Waals surface area contributed by atoms with Gasteiger partial charge in [0.1, 0.15) is 5.75 Å². The van der Waals surface area contributed by atoms with Gasteiger partial charge < -0.3 is 10.1 Å². The van der Waals surface area contributed by atoms with Gasteiger partial charge in [0.05, 0.1) is 12.0 Å². The van der Waals surface area contributed by atoms with Gasteiger partial charge in [-0.25, -0.2) is 13.1 Å². The average molecular weight is 285 g/mol. The first-order valence-corrected chi connectivity index (χ1v) is 7.16. The van der Waals surface area contributed by atoms with Crippen LogP contribution < -0.4 is 14.8 Å². The van der Waals surface area contributed by atoms with Gasteiger partial charge in [0, 0.05) is 7.05 Å². The molecule has 1 rings (SSSR count). The molecule has 3 N–H and O–H groups in total. The molecule has 0 amide bonds. The number of hydrogen-bond acceptors (Lipinski definition) is 4. The highest BCUT2D eigenvalue weighted by atomic mass is 32.2. The average Bonchev–Trinajstić information content (AvgIpc) is 2.32. The lowest BCUT2D eigenvalue weighted by molar-refractivity contribution is 0.410. The van der Waals surface area contributed by atoms with E-state index in [1.807, 2.05) is 0 Å². The number of sulfonamides is 1. The Balaban J connectivity index is 3.44. The number of benzene rings is 1. The highest BCUT2D eigenvalue weighted by Crippen LogP contribution is 2.30. The van der Waals surface area contributed by atoms with Crippen LogP contribution in [0.2, 0.25) is 0 Å². The van der Waals surface area contributed by atoms with E-state index in [9.17, 15) is 8.42 Å². The van der Waals surface area contributed by atoms with E-state index in [2.05, 4.69) is 10.0 Å². The lowest BCUT2D eigenvalue weighted by Gasteiger charge is -2.17. The number of aryl methyl sites for hydroxylation is 1. The molecule has 19 heavy (non-hydrogen) atoms. The third-order valence-corrected chi connectivity index (χ3v) is 4.59. The molecule has 0 fully saturated rings. The lowest BCUT2D eigenvalue weighted by Crippen LogP contribution is -2.38. The Morgan fingerprint density at radius 2 is 1.84 bits per heavy atom. The summed E-state index contributed by atoms with van der Waals surface area (Å²) in [5.74, 6) is 0.380. The number of rotatable bonds is 3. The molecule has 0 atom stereocenters. The summed E-state index contributed by atoms with van der Waals surface area (Å²) in [5, 5.41) is 9.82. The minimum atomic E-state index is -3.77. The smallest absolute Gasteiger partial charge is 0.264 e. The fraction of sp³-hybridized carbons (Fsp3) is 0.417. The van der Waals surface area contributed by atoms with E-state index < -0.39 is 10.0 Å². The quantitative estimate of drug-likeness (QED) is 0.572. The van der Waals surface area contributed by atoms with Gasteiger partial charge in [-0.15, -0.1) is 0 Å². The highest BCUT2D eigenvalue weighted by Gasteiger charge is 2.23. The van der Waals surface area contributed by atoms with Crippen molar-refractivity contribution in [2.45, 2.75) is 25.7 Å². The van der Waals surface area contributed by atoms with Crippen LogP contribution in [0.5, 0.6) is 5.75 Å². The zero-order valence-corrected chi connectivity index (χ0v) is 12.5. The fourth-order valence-corrected chi connectivity index (χ4v) is 3.40. The Kier molecular flexibility index (Phi) is 4.41. The van der Waals surface area contributed by atoms with Crippen molar-refractivity contribution in [3.8, 4) is 5.75 Å². The summed E-state index contributed by atoms with van der Waals surface area (Å²) >= 11 is 0. The molecule has 7 heteroatoms. The first-order valence-electron chi connectivity index (χ1n) is 5.68. The number of methoxy groups -OCH3 is 1. The summed E-state index contributed by atoms with van der Waals surface area (Å²) in [5.41, 5.74) is 1.97. The summed E-state index contributed by atoms with van der Waals surface area (Å²) in [4.78, 5) is 0.186. The number of guanidine groups is 1. The van der Waals surface area contributed by atoms with Crippen LogP contribution in [0, 0.1) is 26.2 Å². The molecule has 0 spiro atoms. The van der Waals surface area contributed by atoms with Crippen LogP contribution in [0.15, 0.2) is 11.0 Å². The van der Waals surface area contributed by atoms with Crippen molar-refractivity contribution in [3.63, 3.8) is 0 Å². The lowest BCUT2D eigenvalue weighted by atomic mass is 10.1. The third-order valence-electron chi connectivity index (χ3n) is 2.95. The maximum Gasteiger partial charge on any atom is 0.264 e. The van der Waals surface area contributed by atoms with E-state index in [0.29, 0.717) is 16.9 Å². The molecule has 0 aliphatic carbocycles. The van der Waals surface area contributed by atoms with Crippen LogP contribution in [0.1, 0.15) is 16.7 Å². The van der Waals surface area contributed by atoms with Gasteiger partial charge in [0.25, 0.3) is 10.0 Å². The highest BCUT2D eigenvalue weighted by molar-refractivity contribution is 7.90. The van der Waals surface area contributed by atoms with Crippen LogP contribution in [-0.4, -0.2) is 28.5 Å².